The summed E-state index contributed by atoms with van der Waals surface area (Å²) in [5.74, 6) is 1.01. The van der Waals surface area contributed by atoms with Crippen LogP contribution in [0.3, 0.4) is 0 Å². The van der Waals surface area contributed by atoms with Crippen molar-refractivity contribution < 1.29 is 4.92 Å². The van der Waals surface area contributed by atoms with Crippen molar-refractivity contribution in [1.29, 1.82) is 0 Å². The summed E-state index contributed by atoms with van der Waals surface area (Å²) < 4.78 is 0. The first-order valence-corrected chi connectivity index (χ1v) is 6.50. The summed E-state index contributed by atoms with van der Waals surface area (Å²) in [6.07, 6.45) is 1.27. The highest BCUT2D eigenvalue weighted by Gasteiger charge is 2.16. The van der Waals surface area contributed by atoms with Gasteiger partial charge in [0.25, 0.3) is 5.69 Å². The lowest BCUT2D eigenvalue weighted by atomic mass is 9.96. The van der Waals surface area contributed by atoms with Crippen LogP contribution in [0, 0.1) is 16.0 Å². The zero-order valence-electron chi connectivity index (χ0n) is 11.5. The molecule has 1 heterocycles. The van der Waals surface area contributed by atoms with Gasteiger partial charge in [-0.2, -0.15) is 0 Å². The van der Waals surface area contributed by atoms with Crippen LogP contribution < -0.4 is 5.32 Å². The number of hydrogen-bond donors (Lipinski definition) is 1. The van der Waals surface area contributed by atoms with Crippen molar-refractivity contribution >= 4 is 11.5 Å². The minimum Gasteiger partial charge on any atom is -0.363 e. The van der Waals surface area contributed by atoms with Crippen molar-refractivity contribution in [2.75, 3.05) is 5.32 Å². The molecule has 104 valence electrons. The molecule has 5 heteroatoms. The molecule has 0 saturated heterocycles. The Morgan fingerprint density at radius 3 is 2.35 bits per heavy atom. The second kappa shape index (κ2) is 6.14. The molecule has 1 N–H and O–H groups in total. The first-order chi connectivity index (χ1) is 9.58. The van der Waals surface area contributed by atoms with Crippen LogP contribution in [0.15, 0.2) is 48.7 Å². The maximum Gasteiger partial charge on any atom is 0.287 e. The van der Waals surface area contributed by atoms with Gasteiger partial charge in [-0.1, -0.05) is 44.2 Å². The molecule has 2 aromatic rings. The zero-order valence-corrected chi connectivity index (χ0v) is 11.5. The molecule has 5 nitrogen and oxygen atoms in total. The van der Waals surface area contributed by atoms with E-state index in [-0.39, 0.29) is 11.7 Å². The van der Waals surface area contributed by atoms with Gasteiger partial charge in [0, 0.05) is 6.07 Å². The van der Waals surface area contributed by atoms with E-state index in [1.165, 1.54) is 17.8 Å². The van der Waals surface area contributed by atoms with Gasteiger partial charge in [0.1, 0.15) is 12.0 Å². The second-order valence-corrected chi connectivity index (χ2v) is 4.94. The summed E-state index contributed by atoms with van der Waals surface area (Å²) in [6, 6.07) is 13.3. The molecule has 0 amide bonds. The average Bonchev–Trinajstić information content (AvgIpc) is 2.46. The number of hydrogen-bond acceptors (Lipinski definition) is 4. The Kier molecular flexibility index (Phi) is 4.30. The molecule has 0 radical (unpaired) electrons. The van der Waals surface area contributed by atoms with Crippen LogP contribution in [0.25, 0.3) is 0 Å². The van der Waals surface area contributed by atoms with Crippen LogP contribution >= 0.6 is 0 Å². The maximum atomic E-state index is 10.6. The number of pyridine rings is 1. The van der Waals surface area contributed by atoms with E-state index in [1.54, 1.807) is 6.07 Å². The molecule has 0 spiro atoms. The number of nitrogens with one attached hydrogen (secondary N) is 1. The quantitative estimate of drug-likeness (QED) is 0.663. The molecule has 0 fully saturated rings. The lowest BCUT2D eigenvalue weighted by Crippen LogP contribution is -2.17. The third-order valence-electron chi connectivity index (χ3n) is 3.09. The largest absolute Gasteiger partial charge is 0.363 e. The molecule has 0 aliphatic rings. The number of rotatable bonds is 5. The molecule has 1 aromatic heterocycles. The summed E-state index contributed by atoms with van der Waals surface area (Å²) in [6.45, 7) is 4.24. The van der Waals surface area contributed by atoms with Crippen molar-refractivity contribution in [3.8, 4) is 0 Å². The first-order valence-electron chi connectivity index (χ1n) is 6.50. The minimum atomic E-state index is -0.450. The van der Waals surface area contributed by atoms with Gasteiger partial charge in [0.05, 0.1) is 11.0 Å². The van der Waals surface area contributed by atoms with Gasteiger partial charge in [-0.25, -0.2) is 4.98 Å². The smallest absolute Gasteiger partial charge is 0.287 e. The maximum absolute atomic E-state index is 10.6. The normalized spacial score (nSPS) is 12.2. The van der Waals surface area contributed by atoms with Gasteiger partial charge in [-0.15, -0.1) is 0 Å². The van der Waals surface area contributed by atoms with E-state index in [9.17, 15) is 10.1 Å². The molecular formula is C15H17N3O2. The van der Waals surface area contributed by atoms with Crippen LogP contribution in [0.5, 0.6) is 0 Å². The highest BCUT2D eigenvalue weighted by molar-refractivity contribution is 5.42. The Morgan fingerprint density at radius 1 is 1.15 bits per heavy atom. The third kappa shape index (κ3) is 3.32. The SMILES string of the molecule is CC(C)[C@H](Nc1ccc([N+](=O)[O-])cn1)c1ccccc1. The molecule has 1 atom stereocenters. The average molecular weight is 271 g/mol. The van der Waals surface area contributed by atoms with Gasteiger partial charge in [-0.3, -0.25) is 10.1 Å². The van der Waals surface area contributed by atoms with Crippen molar-refractivity contribution in [2.45, 2.75) is 19.9 Å². The summed E-state index contributed by atoms with van der Waals surface area (Å²) in [5, 5.41) is 13.9. The lowest BCUT2D eigenvalue weighted by Gasteiger charge is -2.23. The molecular weight excluding hydrogens is 254 g/mol. The highest BCUT2D eigenvalue weighted by Crippen LogP contribution is 2.26. The van der Waals surface area contributed by atoms with Gasteiger partial charge in [0.15, 0.2) is 0 Å². The minimum absolute atomic E-state index is 0.00337. The fraction of sp³-hybridized carbons (Fsp3) is 0.267. The second-order valence-electron chi connectivity index (χ2n) is 4.94. The van der Waals surface area contributed by atoms with E-state index in [4.69, 9.17) is 0 Å². The topological polar surface area (TPSA) is 68.1 Å². The summed E-state index contributed by atoms with van der Waals surface area (Å²) >= 11 is 0. The summed E-state index contributed by atoms with van der Waals surface area (Å²) in [7, 11) is 0. The number of anilines is 1. The van der Waals surface area contributed by atoms with Crippen molar-refractivity contribution in [3.63, 3.8) is 0 Å². The first kappa shape index (κ1) is 14.0. The molecule has 0 bridgehead atoms. The zero-order chi connectivity index (χ0) is 14.5. The van der Waals surface area contributed by atoms with Crippen LogP contribution in [0.2, 0.25) is 0 Å². The van der Waals surface area contributed by atoms with E-state index in [0.29, 0.717) is 11.7 Å². The van der Waals surface area contributed by atoms with Gasteiger partial charge in [-0.05, 0) is 17.5 Å². The summed E-state index contributed by atoms with van der Waals surface area (Å²) in [5.41, 5.74) is 1.17. The molecule has 2 rings (SSSR count). The van der Waals surface area contributed by atoms with Crippen LogP contribution in [-0.2, 0) is 0 Å². The van der Waals surface area contributed by atoms with E-state index < -0.39 is 4.92 Å². The molecule has 0 aliphatic heterocycles. The standard InChI is InChI=1S/C15H17N3O2/c1-11(2)15(12-6-4-3-5-7-12)17-14-9-8-13(10-16-14)18(19)20/h3-11,15H,1-2H3,(H,16,17)/t15-/m0/s1. The van der Waals surface area contributed by atoms with Gasteiger partial charge < -0.3 is 5.32 Å². The third-order valence-corrected chi connectivity index (χ3v) is 3.09. The predicted octanol–water partition coefficient (Wildman–Crippen LogP) is 3.80. The van der Waals surface area contributed by atoms with Crippen LogP contribution in [0.1, 0.15) is 25.5 Å². The van der Waals surface area contributed by atoms with E-state index >= 15 is 0 Å². The Balaban J connectivity index is 2.19. The van der Waals surface area contributed by atoms with Crippen molar-refractivity contribution in [1.82, 2.24) is 4.98 Å². The molecule has 20 heavy (non-hydrogen) atoms. The Labute approximate surface area is 117 Å². The molecule has 0 saturated carbocycles. The van der Waals surface area contributed by atoms with Crippen LogP contribution in [0.4, 0.5) is 11.5 Å². The monoisotopic (exact) mass is 271 g/mol. The van der Waals surface area contributed by atoms with Crippen molar-refractivity contribution in [2.24, 2.45) is 5.92 Å². The van der Waals surface area contributed by atoms with E-state index in [2.05, 4.69) is 36.3 Å². The van der Waals surface area contributed by atoms with Gasteiger partial charge in [0.2, 0.25) is 0 Å². The lowest BCUT2D eigenvalue weighted by molar-refractivity contribution is -0.385. The number of nitrogens with zero attached hydrogens (tertiary/aromatic N) is 2. The predicted molar refractivity (Wildman–Crippen MR) is 78.5 cm³/mol. The molecule has 0 unspecified atom stereocenters. The fourth-order valence-corrected chi connectivity index (χ4v) is 2.03. The number of nitro groups is 1. The van der Waals surface area contributed by atoms with E-state index in [0.717, 1.165) is 0 Å². The Morgan fingerprint density at radius 2 is 1.85 bits per heavy atom. The summed E-state index contributed by atoms with van der Waals surface area (Å²) in [4.78, 5) is 14.3. The molecule has 1 aromatic carbocycles. The number of benzene rings is 1. The Bertz CT molecular complexity index is 567. The van der Waals surface area contributed by atoms with Gasteiger partial charge >= 0.3 is 0 Å². The number of aromatic nitrogens is 1. The van der Waals surface area contributed by atoms with E-state index in [1.807, 2.05) is 18.2 Å². The van der Waals surface area contributed by atoms with Crippen molar-refractivity contribution in [3.05, 3.63) is 64.3 Å². The van der Waals surface area contributed by atoms with Crippen LogP contribution in [-0.4, -0.2) is 9.91 Å². The molecule has 0 aliphatic carbocycles. The highest BCUT2D eigenvalue weighted by atomic mass is 16.6. The Hall–Kier alpha value is -2.43. The fourth-order valence-electron chi connectivity index (χ4n) is 2.03.